The van der Waals surface area contributed by atoms with Crippen molar-refractivity contribution in [1.29, 1.82) is 5.26 Å². The summed E-state index contributed by atoms with van der Waals surface area (Å²) in [6.07, 6.45) is -0.380. The van der Waals surface area contributed by atoms with Crippen LogP contribution in [0.2, 0.25) is 0 Å². The van der Waals surface area contributed by atoms with E-state index in [0.29, 0.717) is 12.8 Å². The standard InChI is InChI=1S/C7H14NO3P/c1-4-10-12(9,5-2)11-7(3)6-8/h7H,4-5H2,1-3H3. The Morgan fingerprint density at radius 1 is 1.58 bits per heavy atom. The smallest absolute Gasteiger partial charge is 0.309 e. The molecule has 12 heavy (non-hydrogen) atoms. The number of nitrogens with zero attached hydrogens (tertiary/aromatic N) is 1. The summed E-state index contributed by atoms with van der Waals surface area (Å²) in [4.78, 5) is 0. The van der Waals surface area contributed by atoms with Crippen LogP contribution in [-0.4, -0.2) is 18.9 Å². The largest absolute Gasteiger partial charge is 0.331 e. The summed E-state index contributed by atoms with van der Waals surface area (Å²) in [6.45, 7) is 5.33. The highest BCUT2D eigenvalue weighted by Gasteiger charge is 2.23. The lowest BCUT2D eigenvalue weighted by Gasteiger charge is -2.16. The van der Waals surface area contributed by atoms with E-state index in [4.69, 9.17) is 14.3 Å². The van der Waals surface area contributed by atoms with E-state index in [1.165, 1.54) is 0 Å². The van der Waals surface area contributed by atoms with Gasteiger partial charge in [0.25, 0.3) is 0 Å². The first-order valence-electron chi connectivity index (χ1n) is 3.89. The molecule has 0 aliphatic carbocycles. The van der Waals surface area contributed by atoms with E-state index in [1.807, 2.05) is 6.07 Å². The second-order valence-corrected chi connectivity index (χ2v) is 4.54. The summed E-state index contributed by atoms with van der Waals surface area (Å²) in [5.41, 5.74) is 0. The van der Waals surface area contributed by atoms with Crippen LogP contribution in [0.15, 0.2) is 0 Å². The normalized spacial score (nSPS) is 17.8. The molecule has 0 rings (SSSR count). The lowest BCUT2D eigenvalue weighted by atomic mass is 10.5. The van der Waals surface area contributed by atoms with Crippen LogP contribution in [-0.2, 0) is 13.6 Å². The van der Waals surface area contributed by atoms with E-state index in [0.717, 1.165) is 0 Å². The van der Waals surface area contributed by atoms with Gasteiger partial charge < -0.3 is 4.52 Å². The van der Waals surface area contributed by atoms with E-state index in [2.05, 4.69) is 0 Å². The number of hydrogen-bond donors (Lipinski definition) is 0. The minimum Gasteiger partial charge on any atom is -0.309 e. The highest BCUT2D eigenvalue weighted by atomic mass is 31.2. The zero-order chi connectivity index (χ0) is 9.61. The van der Waals surface area contributed by atoms with Crippen LogP contribution in [0.25, 0.3) is 0 Å². The molecule has 70 valence electrons. The zero-order valence-corrected chi connectivity index (χ0v) is 8.51. The monoisotopic (exact) mass is 191 g/mol. The molecule has 0 saturated heterocycles. The highest BCUT2D eigenvalue weighted by Crippen LogP contribution is 2.48. The van der Waals surface area contributed by atoms with Crippen molar-refractivity contribution in [3.8, 4) is 6.07 Å². The summed E-state index contributed by atoms with van der Waals surface area (Å²) in [5.74, 6) is 0. The summed E-state index contributed by atoms with van der Waals surface area (Å²) in [6, 6.07) is 1.84. The van der Waals surface area contributed by atoms with Gasteiger partial charge in [0.1, 0.15) is 0 Å². The van der Waals surface area contributed by atoms with Gasteiger partial charge in [0.15, 0.2) is 6.10 Å². The first-order chi connectivity index (χ1) is 5.58. The molecule has 0 bridgehead atoms. The molecule has 0 spiro atoms. The van der Waals surface area contributed by atoms with Gasteiger partial charge in [-0.25, -0.2) is 0 Å². The van der Waals surface area contributed by atoms with E-state index < -0.39 is 13.7 Å². The van der Waals surface area contributed by atoms with E-state index in [9.17, 15) is 4.57 Å². The topological polar surface area (TPSA) is 59.3 Å². The molecule has 0 N–H and O–H groups in total. The van der Waals surface area contributed by atoms with Crippen LogP contribution in [0.1, 0.15) is 20.8 Å². The molecule has 0 aromatic carbocycles. The van der Waals surface area contributed by atoms with Crippen molar-refractivity contribution in [3.05, 3.63) is 0 Å². The van der Waals surface area contributed by atoms with Gasteiger partial charge in [-0.3, -0.25) is 9.09 Å². The Bertz CT molecular complexity index is 211. The van der Waals surface area contributed by atoms with Gasteiger partial charge in [-0.2, -0.15) is 5.26 Å². The van der Waals surface area contributed by atoms with Gasteiger partial charge in [-0.15, -0.1) is 0 Å². The lowest BCUT2D eigenvalue weighted by molar-refractivity contribution is 0.192. The van der Waals surface area contributed by atoms with Crippen LogP contribution in [0.4, 0.5) is 0 Å². The maximum absolute atomic E-state index is 11.6. The molecule has 0 radical (unpaired) electrons. The van der Waals surface area contributed by atoms with Gasteiger partial charge in [-0.1, -0.05) is 6.92 Å². The quantitative estimate of drug-likeness (QED) is 0.625. The number of nitriles is 1. The minimum atomic E-state index is -3.00. The molecular formula is C7H14NO3P. The summed E-state index contributed by atoms with van der Waals surface area (Å²) >= 11 is 0. The van der Waals surface area contributed by atoms with Crippen molar-refractivity contribution in [3.63, 3.8) is 0 Å². The van der Waals surface area contributed by atoms with Crippen molar-refractivity contribution in [2.45, 2.75) is 26.9 Å². The predicted molar refractivity (Wildman–Crippen MR) is 45.9 cm³/mol. The molecule has 0 heterocycles. The fourth-order valence-corrected chi connectivity index (χ4v) is 1.97. The lowest BCUT2D eigenvalue weighted by Crippen LogP contribution is -2.06. The van der Waals surface area contributed by atoms with Gasteiger partial charge in [0, 0.05) is 6.16 Å². The van der Waals surface area contributed by atoms with E-state index in [1.54, 1.807) is 20.8 Å². The molecule has 4 nitrogen and oxygen atoms in total. The Morgan fingerprint density at radius 3 is 2.50 bits per heavy atom. The Kier molecular flexibility index (Phi) is 5.16. The van der Waals surface area contributed by atoms with Gasteiger partial charge in [0.05, 0.1) is 12.7 Å². The third-order valence-corrected chi connectivity index (χ3v) is 3.28. The predicted octanol–water partition coefficient (Wildman–Crippen LogP) is 2.16. The minimum absolute atomic E-state index is 0.298. The van der Waals surface area contributed by atoms with Crippen LogP contribution in [0.5, 0.6) is 0 Å². The third-order valence-electron chi connectivity index (χ3n) is 1.21. The Hall–Kier alpha value is -0.360. The molecule has 5 heteroatoms. The molecule has 0 aliphatic rings. The molecule has 0 aromatic rings. The molecule has 0 amide bonds. The molecule has 0 saturated carbocycles. The third kappa shape index (κ3) is 3.87. The molecule has 0 aliphatic heterocycles. The molecular weight excluding hydrogens is 177 g/mol. The summed E-state index contributed by atoms with van der Waals surface area (Å²) in [7, 11) is -3.00. The molecule has 0 fully saturated rings. The van der Waals surface area contributed by atoms with E-state index >= 15 is 0 Å². The SMILES string of the molecule is CCOP(=O)(CC)OC(C)C#N. The summed E-state index contributed by atoms with van der Waals surface area (Å²) in [5, 5.41) is 8.41. The average molecular weight is 191 g/mol. The second kappa shape index (κ2) is 5.31. The van der Waals surface area contributed by atoms with Gasteiger partial charge >= 0.3 is 7.60 Å². The van der Waals surface area contributed by atoms with Crippen LogP contribution in [0.3, 0.4) is 0 Å². The molecule has 2 atom stereocenters. The summed E-state index contributed by atoms with van der Waals surface area (Å²) < 4.78 is 21.4. The molecule has 0 aromatic heterocycles. The maximum Gasteiger partial charge on any atom is 0.331 e. The number of hydrogen-bond acceptors (Lipinski definition) is 4. The average Bonchev–Trinajstić information content (AvgIpc) is 2.05. The fourth-order valence-electron chi connectivity index (χ4n) is 0.657. The van der Waals surface area contributed by atoms with E-state index in [-0.39, 0.29) is 0 Å². The first-order valence-corrected chi connectivity index (χ1v) is 5.62. The van der Waals surface area contributed by atoms with Crippen LogP contribution < -0.4 is 0 Å². The fraction of sp³-hybridized carbons (Fsp3) is 0.857. The first kappa shape index (κ1) is 11.6. The Morgan fingerprint density at radius 2 is 2.17 bits per heavy atom. The van der Waals surface area contributed by atoms with Crippen LogP contribution >= 0.6 is 7.60 Å². The van der Waals surface area contributed by atoms with Gasteiger partial charge in [-0.05, 0) is 13.8 Å². The Balaban J connectivity index is 4.16. The molecule has 2 unspecified atom stereocenters. The maximum atomic E-state index is 11.6. The Labute approximate surface area is 73.0 Å². The number of rotatable bonds is 5. The van der Waals surface area contributed by atoms with Crippen molar-refractivity contribution >= 4 is 7.60 Å². The van der Waals surface area contributed by atoms with Crippen molar-refractivity contribution in [1.82, 2.24) is 0 Å². The van der Waals surface area contributed by atoms with Crippen molar-refractivity contribution in [2.75, 3.05) is 12.8 Å². The van der Waals surface area contributed by atoms with Crippen LogP contribution in [0, 0.1) is 11.3 Å². The second-order valence-electron chi connectivity index (χ2n) is 2.22. The van der Waals surface area contributed by atoms with Crippen molar-refractivity contribution in [2.24, 2.45) is 0 Å². The van der Waals surface area contributed by atoms with Crippen molar-refractivity contribution < 1.29 is 13.6 Å². The zero-order valence-electron chi connectivity index (χ0n) is 7.61. The highest BCUT2D eigenvalue weighted by molar-refractivity contribution is 7.53. The van der Waals surface area contributed by atoms with Gasteiger partial charge in [0.2, 0.25) is 0 Å².